The normalized spacial score (nSPS) is 12.6. The number of benzene rings is 2. The SMILES string of the molecule is Cl.O=C(NCCCCCCCCCCNc1c2c(nc3cc(Cl)cc(Cl)c13)CCCC2)c1cc(=O)c2c(O)cc(O)cc2o1. The van der Waals surface area contributed by atoms with Gasteiger partial charge in [-0.1, -0.05) is 61.7 Å². The molecule has 44 heavy (non-hydrogen) atoms. The lowest BCUT2D eigenvalue weighted by atomic mass is 9.92. The van der Waals surface area contributed by atoms with Gasteiger partial charge in [-0.2, -0.15) is 0 Å². The van der Waals surface area contributed by atoms with E-state index in [1.54, 1.807) is 6.07 Å². The molecule has 0 saturated heterocycles. The second kappa shape index (κ2) is 15.7. The van der Waals surface area contributed by atoms with E-state index < -0.39 is 11.3 Å². The summed E-state index contributed by atoms with van der Waals surface area (Å²) in [6, 6.07) is 7.02. The fraction of sp³-hybridized carbons (Fsp3) is 0.424. The molecule has 236 valence electrons. The molecule has 11 heteroatoms. The number of hydrogen-bond acceptors (Lipinski definition) is 7. The van der Waals surface area contributed by atoms with E-state index in [0.717, 1.165) is 93.1 Å². The number of fused-ring (bicyclic) bond motifs is 3. The highest BCUT2D eigenvalue weighted by atomic mass is 35.5. The molecule has 0 saturated carbocycles. The summed E-state index contributed by atoms with van der Waals surface area (Å²) in [5.41, 5.74) is 3.89. The molecule has 0 spiro atoms. The molecule has 8 nitrogen and oxygen atoms in total. The number of aromatic hydroxyl groups is 2. The van der Waals surface area contributed by atoms with Crippen LogP contribution in [0.4, 0.5) is 5.69 Å². The predicted octanol–water partition coefficient (Wildman–Crippen LogP) is 8.32. The lowest BCUT2D eigenvalue weighted by Crippen LogP contribution is -2.25. The molecule has 0 atom stereocenters. The van der Waals surface area contributed by atoms with Gasteiger partial charge in [-0.15, -0.1) is 12.4 Å². The van der Waals surface area contributed by atoms with Gasteiger partial charge in [0.25, 0.3) is 5.91 Å². The molecule has 2 aromatic heterocycles. The monoisotopic (exact) mass is 661 g/mol. The Kier molecular flexibility index (Phi) is 12.0. The first-order valence-electron chi connectivity index (χ1n) is 15.1. The van der Waals surface area contributed by atoms with Crippen LogP contribution in [-0.2, 0) is 12.8 Å². The van der Waals surface area contributed by atoms with Crippen LogP contribution < -0.4 is 16.1 Å². The summed E-state index contributed by atoms with van der Waals surface area (Å²) in [5, 5.41) is 28.1. The van der Waals surface area contributed by atoms with Crippen molar-refractivity contribution in [2.75, 3.05) is 18.4 Å². The van der Waals surface area contributed by atoms with Crippen LogP contribution in [0.3, 0.4) is 0 Å². The molecule has 0 fully saturated rings. The molecular weight excluding hydrogens is 625 g/mol. The van der Waals surface area contributed by atoms with Crippen molar-refractivity contribution in [1.29, 1.82) is 0 Å². The Labute approximate surface area is 272 Å². The molecule has 1 amide bonds. The molecule has 2 heterocycles. The number of pyridine rings is 1. The maximum Gasteiger partial charge on any atom is 0.287 e. The second-order valence-corrected chi connectivity index (χ2v) is 12.1. The van der Waals surface area contributed by atoms with Crippen molar-refractivity contribution >= 4 is 69.1 Å². The van der Waals surface area contributed by atoms with Gasteiger partial charge in [0.05, 0.1) is 16.2 Å². The number of hydrogen-bond donors (Lipinski definition) is 4. The van der Waals surface area contributed by atoms with Crippen LogP contribution in [0.1, 0.15) is 86.0 Å². The quantitative estimate of drug-likeness (QED) is 0.106. The Balaban J connectivity index is 0.00000442. The number of carbonyl (C=O) groups excluding carboxylic acids is 1. The lowest BCUT2D eigenvalue weighted by molar-refractivity contribution is 0.0925. The van der Waals surface area contributed by atoms with Gasteiger partial charge in [0, 0.05) is 47.4 Å². The highest BCUT2D eigenvalue weighted by molar-refractivity contribution is 6.39. The zero-order chi connectivity index (χ0) is 30.3. The Hall–Kier alpha value is -3.20. The zero-order valence-corrected chi connectivity index (χ0v) is 26.8. The van der Waals surface area contributed by atoms with Crippen LogP contribution in [0.5, 0.6) is 11.5 Å². The van der Waals surface area contributed by atoms with Crippen molar-refractivity contribution in [3.05, 3.63) is 67.6 Å². The number of unbranched alkanes of at least 4 members (excludes halogenated alkanes) is 7. The Morgan fingerprint density at radius 1 is 0.864 bits per heavy atom. The van der Waals surface area contributed by atoms with Crippen LogP contribution in [0.15, 0.2) is 39.5 Å². The molecule has 1 aliphatic carbocycles. The number of anilines is 1. The molecule has 0 unspecified atom stereocenters. The van der Waals surface area contributed by atoms with Crippen LogP contribution in [0.2, 0.25) is 10.0 Å². The van der Waals surface area contributed by atoms with Gasteiger partial charge in [0.2, 0.25) is 0 Å². The number of nitrogens with zero attached hydrogens (tertiary/aromatic N) is 1. The van der Waals surface area contributed by atoms with Crippen LogP contribution in [-0.4, -0.2) is 34.2 Å². The average molecular weight is 663 g/mol. The average Bonchev–Trinajstić information content (AvgIpc) is 2.96. The molecule has 2 aromatic carbocycles. The van der Waals surface area contributed by atoms with Gasteiger partial charge in [0.1, 0.15) is 22.5 Å². The zero-order valence-electron chi connectivity index (χ0n) is 24.5. The third kappa shape index (κ3) is 8.09. The molecule has 0 bridgehead atoms. The van der Waals surface area contributed by atoms with E-state index in [-0.39, 0.29) is 40.6 Å². The van der Waals surface area contributed by atoms with E-state index in [9.17, 15) is 19.8 Å². The summed E-state index contributed by atoms with van der Waals surface area (Å²) in [6.07, 6.45) is 13.0. The summed E-state index contributed by atoms with van der Waals surface area (Å²) < 4.78 is 5.44. The Morgan fingerprint density at radius 3 is 2.30 bits per heavy atom. The first-order valence-corrected chi connectivity index (χ1v) is 15.9. The lowest BCUT2D eigenvalue weighted by Gasteiger charge is -2.22. The Bertz CT molecular complexity index is 1690. The van der Waals surface area contributed by atoms with E-state index >= 15 is 0 Å². The minimum absolute atomic E-state index is 0. The van der Waals surface area contributed by atoms with Crippen molar-refractivity contribution < 1.29 is 19.4 Å². The maximum atomic E-state index is 12.4. The van der Waals surface area contributed by atoms with Crippen molar-refractivity contribution in [3.8, 4) is 11.5 Å². The summed E-state index contributed by atoms with van der Waals surface area (Å²) in [6.45, 7) is 1.37. The minimum atomic E-state index is -0.542. The summed E-state index contributed by atoms with van der Waals surface area (Å²) >= 11 is 12.9. The van der Waals surface area contributed by atoms with Crippen molar-refractivity contribution in [2.45, 2.75) is 77.0 Å². The van der Waals surface area contributed by atoms with Gasteiger partial charge < -0.3 is 25.3 Å². The number of rotatable bonds is 13. The number of carbonyl (C=O) groups is 1. The third-order valence-corrected chi connectivity index (χ3v) is 8.51. The largest absolute Gasteiger partial charge is 0.508 e. The van der Waals surface area contributed by atoms with Crippen molar-refractivity contribution in [2.24, 2.45) is 0 Å². The standard InChI is InChI=1S/C33H37Cl2N3O5.ClH/c34-20-15-23(35)30-25(16-20)38-24-12-8-7-11-22(24)32(30)36-13-9-5-3-1-2-4-6-10-14-37-33(42)29-19-27(41)31-26(40)17-21(39)18-28(31)43-29;/h15-19,39-40H,1-14H2,(H,36,38)(H,37,42);1H. The second-order valence-electron chi connectivity index (χ2n) is 11.2. The molecule has 5 rings (SSSR count). The number of aromatic nitrogens is 1. The third-order valence-electron chi connectivity index (χ3n) is 7.99. The van der Waals surface area contributed by atoms with E-state index in [1.807, 2.05) is 6.07 Å². The maximum absolute atomic E-state index is 12.4. The van der Waals surface area contributed by atoms with Gasteiger partial charge in [-0.25, -0.2) is 0 Å². The minimum Gasteiger partial charge on any atom is -0.508 e. The number of nitrogens with one attached hydrogen (secondary N) is 2. The van der Waals surface area contributed by atoms with Crippen LogP contribution >= 0.6 is 35.6 Å². The van der Waals surface area contributed by atoms with Gasteiger partial charge in [0.15, 0.2) is 11.2 Å². The number of amides is 1. The van der Waals surface area contributed by atoms with Crippen molar-refractivity contribution in [3.63, 3.8) is 0 Å². The predicted molar refractivity (Wildman–Crippen MR) is 179 cm³/mol. The molecule has 1 aliphatic rings. The number of phenols is 2. The molecule has 4 aromatic rings. The van der Waals surface area contributed by atoms with E-state index in [1.165, 1.54) is 36.6 Å². The topological polar surface area (TPSA) is 125 Å². The first-order chi connectivity index (χ1) is 20.8. The highest BCUT2D eigenvalue weighted by Crippen LogP contribution is 2.38. The van der Waals surface area contributed by atoms with Crippen LogP contribution in [0, 0.1) is 0 Å². The number of halogens is 3. The number of aryl methyl sites for hydroxylation is 1. The van der Waals surface area contributed by atoms with Crippen LogP contribution in [0.25, 0.3) is 21.9 Å². The van der Waals surface area contributed by atoms with Crippen molar-refractivity contribution in [1.82, 2.24) is 10.3 Å². The first kappa shape index (κ1) is 33.7. The smallest absolute Gasteiger partial charge is 0.287 e. The molecule has 4 N–H and O–H groups in total. The van der Waals surface area contributed by atoms with E-state index in [2.05, 4.69) is 10.6 Å². The van der Waals surface area contributed by atoms with Gasteiger partial charge in [-0.05, 0) is 56.2 Å². The van der Waals surface area contributed by atoms with E-state index in [4.69, 9.17) is 32.6 Å². The molecule has 0 radical (unpaired) electrons. The number of phenolic OH excluding ortho intramolecular Hbond substituents is 2. The summed E-state index contributed by atoms with van der Waals surface area (Å²) in [7, 11) is 0. The highest BCUT2D eigenvalue weighted by Gasteiger charge is 2.20. The fourth-order valence-electron chi connectivity index (χ4n) is 5.85. The summed E-state index contributed by atoms with van der Waals surface area (Å²) in [4.78, 5) is 29.6. The Morgan fingerprint density at radius 2 is 1.55 bits per heavy atom. The van der Waals surface area contributed by atoms with E-state index in [0.29, 0.717) is 16.6 Å². The molecular formula is C33H38Cl3N3O5. The fourth-order valence-corrected chi connectivity index (χ4v) is 6.43. The molecule has 0 aliphatic heterocycles. The van der Waals surface area contributed by atoms with Gasteiger partial charge >= 0.3 is 0 Å². The summed E-state index contributed by atoms with van der Waals surface area (Å²) in [5.74, 6) is -1.29. The van der Waals surface area contributed by atoms with Gasteiger partial charge in [-0.3, -0.25) is 14.6 Å².